The van der Waals surface area contributed by atoms with Crippen LogP contribution in [0.5, 0.6) is 0 Å². The Morgan fingerprint density at radius 2 is 2.24 bits per heavy atom. The van der Waals surface area contributed by atoms with Gasteiger partial charge in [0.2, 0.25) is 0 Å². The average Bonchev–Trinajstić information content (AvgIpc) is 3.15. The number of esters is 1. The molecule has 0 saturated heterocycles. The number of carbonyl (C=O) groups excluding carboxylic acids is 1. The van der Waals surface area contributed by atoms with Gasteiger partial charge in [-0.2, -0.15) is 5.10 Å². The lowest BCUT2D eigenvalue weighted by molar-refractivity contribution is -0.141. The number of aryl methyl sites for hydroxylation is 2. The monoisotopic (exact) mass is 311 g/mol. The molecule has 1 N–H and O–H groups in total. The van der Waals surface area contributed by atoms with Gasteiger partial charge in [0.25, 0.3) is 0 Å². The van der Waals surface area contributed by atoms with Crippen LogP contribution in [-0.4, -0.2) is 35.2 Å². The van der Waals surface area contributed by atoms with Gasteiger partial charge in [-0.1, -0.05) is 6.92 Å². The van der Waals surface area contributed by atoms with E-state index in [4.69, 9.17) is 4.74 Å². The van der Waals surface area contributed by atoms with E-state index >= 15 is 0 Å². The third-order valence-corrected chi connectivity index (χ3v) is 5.60. The van der Waals surface area contributed by atoms with Gasteiger partial charge < -0.3 is 10.1 Å². The summed E-state index contributed by atoms with van der Waals surface area (Å²) in [5.74, 6) is 0.863. The molecule has 0 amide bonds. The van der Waals surface area contributed by atoms with E-state index in [1.807, 2.05) is 23.5 Å². The fourth-order valence-electron chi connectivity index (χ4n) is 2.46. The standard InChI is InChI=1S/C15H25N3O2S/c1-5-16-9-12-11(2)17-18(3)14(12)21-10-15(6-7-15)8-13(19)20-4/h16H,5-10H2,1-4H3. The molecule has 21 heavy (non-hydrogen) atoms. The first-order chi connectivity index (χ1) is 10.0. The Hall–Kier alpha value is -1.01. The largest absolute Gasteiger partial charge is 0.469 e. The molecule has 0 atom stereocenters. The van der Waals surface area contributed by atoms with E-state index in [0.29, 0.717) is 6.42 Å². The van der Waals surface area contributed by atoms with Crippen molar-refractivity contribution in [2.75, 3.05) is 19.4 Å². The highest BCUT2D eigenvalue weighted by Gasteiger charge is 2.44. The Bertz CT molecular complexity index is 509. The maximum Gasteiger partial charge on any atom is 0.306 e. The van der Waals surface area contributed by atoms with Crippen LogP contribution in [0.15, 0.2) is 5.03 Å². The number of nitrogens with one attached hydrogen (secondary N) is 1. The van der Waals surface area contributed by atoms with E-state index in [1.54, 1.807) is 0 Å². The van der Waals surface area contributed by atoms with Crippen LogP contribution in [0.25, 0.3) is 0 Å². The minimum absolute atomic E-state index is 0.0952. The van der Waals surface area contributed by atoms with E-state index < -0.39 is 0 Å². The first kappa shape index (κ1) is 16.4. The topological polar surface area (TPSA) is 56.2 Å². The molecule has 0 aromatic carbocycles. The Labute approximate surface area is 130 Å². The third kappa shape index (κ3) is 4.01. The van der Waals surface area contributed by atoms with E-state index in [9.17, 15) is 4.79 Å². The predicted octanol–water partition coefficient (Wildman–Crippen LogP) is 2.27. The number of hydrogen-bond donors (Lipinski definition) is 1. The van der Waals surface area contributed by atoms with Crippen molar-refractivity contribution in [3.63, 3.8) is 0 Å². The molecule has 1 aromatic heterocycles. The van der Waals surface area contributed by atoms with Crippen molar-refractivity contribution in [1.29, 1.82) is 0 Å². The number of ether oxygens (including phenoxy) is 1. The van der Waals surface area contributed by atoms with Gasteiger partial charge in [-0.05, 0) is 31.7 Å². The molecule has 0 radical (unpaired) electrons. The smallest absolute Gasteiger partial charge is 0.306 e. The lowest BCUT2D eigenvalue weighted by atomic mass is 10.1. The molecule has 1 aromatic rings. The molecule has 5 nitrogen and oxygen atoms in total. The van der Waals surface area contributed by atoms with Crippen LogP contribution in [-0.2, 0) is 23.1 Å². The van der Waals surface area contributed by atoms with E-state index in [0.717, 1.165) is 37.4 Å². The lowest BCUT2D eigenvalue weighted by Crippen LogP contribution is -2.15. The van der Waals surface area contributed by atoms with Gasteiger partial charge in [-0.25, -0.2) is 0 Å². The molecule has 0 unspecified atom stereocenters. The third-order valence-electron chi connectivity index (χ3n) is 4.06. The minimum Gasteiger partial charge on any atom is -0.469 e. The summed E-state index contributed by atoms with van der Waals surface area (Å²) >= 11 is 1.82. The van der Waals surface area contributed by atoms with Crippen molar-refractivity contribution < 1.29 is 9.53 Å². The molecule has 1 saturated carbocycles. The Morgan fingerprint density at radius 1 is 1.52 bits per heavy atom. The van der Waals surface area contributed by atoms with Gasteiger partial charge in [0, 0.05) is 24.9 Å². The van der Waals surface area contributed by atoms with E-state index in [-0.39, 0.29) is 11.4 Å². The van der Waals surface area contributed by atoms with Crippen molar-refractivity contribution in [3.05, 3.63) is 11.3 Å². The van der Waals surface area contributed by atoms with Gasteiger partial charge in [0.1, 0.15) is 0 Å². The highest BCUT2D eigenvalue weighted by Crippen LogP contribution is 2.52. The molecular weight excluding hydrogens is 286 g/mol. The van der Waals surface area contributed by atoms with Crippen LogP contribution in [0.2, 0.25) is 0 Å². The van der Waals surface area contributed by atoms with E-state index in [2.05, 4.69) is 24.3 Å². The van der Waals surface area contributed by atoms with Gasteiger partial charge in [0.15, 0.2) is 0 Å². The van der Waals surface area contributed by atoms with Crippen LogP contribution in [0, 0.1) is 12.3 Å². The maximum absolute atomic E-state index is 11.5. The summed E-state index contributed by atoms with van der Waals surface area (Å²) < 4.78 is 6.77. The Kier molecular flexibility index (Phi) is 5.32. The fraction of sp³-hybridized carbons (Fsp3) is 0.733. The first-order valence-corrected chi connectivity index (χ1v) is 8.42. The molecule has 0 bridgehead atoms. The summed E-state index contributed by atoms with van der Waals surface area (Å²) in [5, 5.41) is 9.11. The van der Waals surface area contributed by atoms with Crippen molar-refractivity contribution in [3.8, 4) is 0 Å². The van der Waals surface area contributed by atoms with Crippen LogP contribution in [0.1, 0.15) is 37.4 Å². The molecule has 0 aliphatic heterocycles. The van der Waals surface area contributed by atoms with Gasteiger partial charge in [0.05, 0.1) is 24.3 Å². The van der Waals surface area contributed by atoms with Gasteiger partial charge in [-0.3, -0.25) is 9.48 Å². The van der Waals surface area contributed by atoms with Crippen molar-refractivity contribution in [2.45, 2.75) is 44.7 Å². The minimum atomic E-state index is -0.0952. The summed E-state index contributed by atoms with van der Waals surface area (Å²) in [6, 6.07) is 0. The predicted molar refractivity (Wildman–Crippen MR) is 84.3 cm³/mol. The number of aromatic nitrogens is 2. The normalized spacial score (nSPS) is 16.0. The highest BCUT2D eigenvalue weighted by atomic mass is 32.2. The maximum atomic E-state index is 11.5. The second kappa shape index (κ2) is 6.83. The molecule has 0 spiro atoms. The summed E-state index contributed by atoms with van der Waals surface area (Å²) in [4.78, 5) is 11.5. The fourth-order valence-corrected chi connectivity index (χ4v) is 3.92. The lowest BCUT2D eigenvalue weighted by Gasteiger charge is -2.14. The SMILES string of the molecule is CCNCc1c(C)nn(C)c1SCC1(CC(=O)OC)CC1. The zero-order valence-electron chi connectivity index (χ0n) is 13.4. The van der Waals surface area contributed by atoms with Crippen LogP contribution in [0.3, 0.4) is 0 Å². The molecule has 6 heteroatoms. The van der Waals surface area contributed by atoms with Crippen LogP contribution < -0.4 is 5.32 Å². The summed E-state index contributed by atoms with van der Waals surface area (Å²) in [6.07, 6.45) is 2.78. The zero-order chi connectivity index (χ0) is 15.5. The van der Waals surface area contributed by atoms with Crippen molar-refractivity contribution in [2.24, 2.45) is 12.5 Å². The molecule has 1 heterocycles. The van der Waals surface area contributed by atoms with Crippen molar-refractivity contribution in [1.82, 2.24) is 15.1 Å². The number of methoxy groups -OCH3 is 1. The summed E-state index contributed by atoms with van der Waals surface area (Å²) in [6.45, 7) is 5.96. The van der Waals surface area contributed by atoms with Gasteiger partial charge in [-0.15, -0.1) is 11.8 Å². The highest BCUT2D eigenvalue weighted by molar-refractivity contribution is 7.99. The zero-order valence-corrected chi connectivity index (χ0v) is 14.2. The van der Waals surface area contributed by atoms with E-state index in [1.165, 1.54) is 17.7 Å². The summed E-state index contributed by atoms with van der Waals surface area (Å²) in [7, 11) is 3.45. The molecule has 1 aliphatic carbocycles. The second-order valence-electron chi connectivity index (χ2n) is 5.81. The number of nitrogens with zero attached hydrogens (tertiary/aromatic N) is 2. The second-order valence-corrected chi connectivity index (χ2v) is 6.78. The number of thioether (sulfide) groups is 1. The number of hydrogen-bond acceptors (Lipinski definition) is 5. The first-order valence-electron chi connectivity index (χ1n) is 7.44. The van der Waals surface area contributed by atoms with Crippen LogP contribution >= 0.6 is 11.8 Å². The Balaban J connectivity index is 2.01. The molecule has 118 valence electrons. The molecule has 1 fully saturated rings. The van der Waals surface area contributed by atoms with Crippen LogP contribution in [0.4, 0.5) is 0 Å². The number of carbonyl (C=O) groups is 1. The van der Waals surface area contributed by atoms with Gasteiger partial charge >= 0.3 is 5.97 Å². The summed E-state index contributed by atoms with van der Waals surface area (Å²) in [5.41, 5.74) is 2.50. The van der Waals surface area contributed by atoms with Crippen molar-refractivity contribution >= 4 is 17.7 Å². The quantitative estimate of drug-likeness (QED) is 0.589. The molecule has 2 rings (SSSR count). The number of rotatable bonds is 8. The molecule has 1 aliphatic rings. The molecular formula is C15H25N3O2S. The average molecular weight is 311 g/mol. The Morgan fingerprint density at radius 3 is 2.81 bits per heavy atom.